The Morgan fingerprint density at radius 3 is 1.87 bits per heavy atom. The Balaban J connectivity index is 1.52. The number of aryl methyl sites for hydroxylation is 1. The van der Waals surface area contributed by atoms with E-state index in [-0.39, 0.29) is 23.6 Å². The van der Waals surface area contributed by atoms with Crippen LogP contribution in [0.2, 0.25) is 0 Å². The van der Waals surface area contributed by atoms with Gasteiger partial charge in [0.05, 0.1) is 0 Å². The highest BCUT2D eigenvalue weighted by atomic mass is 19.2. The summed E-state index contributed by atoms with van der Waals surface area (Å²) in [6.45, 7) is 1.92. The van der Waals surface area contributed by atoms with Crippen LogP contribution >= 0.6 is 0 Å². The number of benzene rings is 4. The molecule has 4 aromatic carbocycles. The molecule has 0 aliphatic heterocycles. The predicted octanol–water partition coefficient (Wildman–Crippen LogP) is 7.33. The average molecular weight is 404 g/mol. The standard InChI is InChI=1S/C26H19F3O/c1-17-7-8-18(15-24(17)27)16-30-21-11-9-20(10-12-21)23-14-13-22(25(28)26(23)29)19-5-3-2-4-6-19/h2-15H,16H2,1H3. The number of hydrogen-bond donors (Lipinski definition) is 0. The quantitative estimate of drug-likeness (QED) is 0.338. The van der Waals surface area contributed by atoms with Crippen molar-refractivity contribution in [3.05, 3.63) is 114 Å². The number of rotatable bonds is 5. The summed E-state index contributed by atoms with van der Waals surface area (Å²) in [4.78, 5) is 0. The van der Waals surface area contributed by atoms with Crippen molar-refractivity contribution in [2.75, 3.05) is 0 Å². The SMILES string of the molecule is Cc1ccc(COc2ccc(-c3ccc(-c4ccccc4)c(F)c3F)cc2)cc1F. The lowest BCUT2D eigenvalue weighted by Crippen LogP contribution is -1.97. The molecule has 4 aromatic rings. The Labute approximate surface area is 173 Å². The second kappa shape index (κ2) is 8.46. The maximum atomic E-state index is 14.7. The molecule has 0 spiro atoms. The lowest BCUT2D eigenvalue weighted by molar-refractivity contribution is 0.305. The maximum absolute atomic E-state index is 14.7. The highest BCUT2D eigenvalue weighted by molar-refractivity contribution is 5.72. The Morgan fingerprint density at radius 2 is 1.27 bits per heavy atom. The van der Waals surface area contributed by atoms with Gasteiger partial charge >= 0.3 is 0 Å². The molecule has 0 N–H and O–H groups in total. The van der Waals surface area contributed by atoms with Crippen molar-refractivity contribution in [2.45, 2.75) is 13.5 Å². The van der Waals surface area contributed by atoms with Crippen LogP contribution in [-0.2, 0) is 6.61 Å². The molecule has 30 heavy (non-hydrogen) atoms. The van der Waals surface area contributed by atoms with Gasteiger partial charge in [0, 0.05) is 11.1 Å². The highest BCUT2D eigenvalue weighted by Gasteiger charge is 2.16. The second-order valence-electron chi connectivity index (χ2n) is 7.05. The smallest absolute Gasteiger partial charge is 0.167 e. The molecule has 4 heteroatoms. The van der Waals surface area contributed by atoms with Crippen molar-refractivity contribution >= 4 is 0 Å². The molecule has 0 aliphatic rings. The van der Waals surface area contributed by atoms with E-state index in [2.05, 4.69) is 0 Å². The molecule has 0 aliphatic carbocycles. The van der Waals surface area contributed by atoms with Crippen LogP contribution in [0.15, 0.2) is 84.9 Å². The van der Waals surface area contributed by atoms with Gasteiger partial charge in [-0.1, -0.05) is 66.7 Å². The monoisotopic (exact) mass is 404 g/mol. The fraction of sp³-hybridized carbons (Fsp3) is 0.0769. The Bertz CT molecular complexity index is 1170. The summed E-state index contributed by atoms with van der Waals surface area (Å²) >= 11 is 0. The van der Waals surface area contributed by atoms with E-state index in [1.165, 1.54) is 6.07 Å². The van der Waals surface area contributed by atoms with Gasteiger partial charge in [-0.05, 0) is 47.4 Å². The van der Waals surface area contributed by atoms with Gasteiger partial charge in [0.25, 0.3) is 0 Å². The van der Waals surface area contributed by atoms with Crippen molar-refractivity contribution in [1.82, 2.24) is 0 Å². The molecular formula is C26H19F3O. The van der Waals surface area contributed by atoms with Gasteiger partial charge < -0.3 is 4.74 Å². The van der Waals surface area contributed by atoms with Crippen LogP contribution in [0.5, 0.6) is 5.75 Å². The van der Waals surface area contributed by atoms with E-state index < -0.39 is 11.6 Å². The molecule has 0 fully saturated rings. The van der Waals surface area contributed by atoms with Crippen LogP contribution in [0.4, 0.5) is 13.2 Å². The molecule has 1 nitrogen and oxygen atoms in total. The minimum absolute atomic E-state index is 0.180. The molecule has 0 aromatic heterocycles. The summed E-state index contributed by atoms with van der Waals surface area (Å²) in [6, 6.07) is 23.7. The zero-order valence-electron chi connectivity index (χ0n) is 16.3. The van der Waals surface area contributed by atoms with Gasteiger partial charge in [0.2, 0.25) is 0 Å². The molecule has 0 saturated carbocycles. The highest BCUT2D eigenvalue weighted by Crippen LogP contribution is 2.32. The van der Waals surface area contributed by atoms with Crippen LogP contribution < -0.4 is 4.74 Å². The number of hydrogen-bond acceptors (Lipinski definition) is 1. The number of halogens is 3. The summed E-state index contributed by atoms with van der Waals surface area (Å²) < 4.78 is 48.7. The van der Waals surface area contributed by atoms with Crippen molar-refractivity contribution in [3.63, 3.8) is 0 Å². The predicted molar refractivity (Wildman–Crippen MR) is 113 cm³/mol. The average Bonchev–Trinajstić information content (AvgIpc) is 2.77. The third kappa shape index (κ3) is 4.08. The topological polar surface area (TPSA) is 9.23 Å². The molecule has 0 bridgehead atoms. The zero-order valence-corrected chi connectivity index (χ0v) is 16.3. The summed E-state index contributed by atoms with van der Waals surface area (Å²) in [7, 11) is 0. The molecule has 150 valence electrons. The van der Waals surface area contributed by atoms with Crippen LogP contribution in [0.1, 0.15) is 11.1 Å². The first-order valence-electron chi connectivity index (χ1n) is 9.54. The van der Waals surface area contributed by atoms with E-state index in [0.29, 0.717) is 28.0 Å². The van der Waals surface area contributed by atoms with E-state index in [4.69, 9.17) is 4.74 Å². The first-order chi connectivity index (χ1) is 14.5. The minimum Gasteiger partial charge on any atom is -0.489 e. The van der Waals surface area contributed by atoms with Gasteiger partial charge in [-0.2, -0.15) is 0 Å². The Kier molecular flexibility index (Phi) is 5.57. The van der Waals surface area contributed by atoms with Crippen molar-refractivity contribution in [2.24, 2.45) is 0 Å². The summed E-state index contributed by atoms with van der Waals surface area (Å²) in [5, 5.41) is 0. The molecule has 0 saturated heterocycles. The molecule has 4 rings (SSSR count). The van der Waals surface area contributed by atoms with E-state index in [1.54, 1.807) is 79.7 Å². The van der Waals surface area contributed by atoms with E-state index in [1.807, 2.05) is 6.07 Å². The lowest BCUT2D eigenvalue weighted by Gasteiger charge is -2.11. The molecule has 0 radical (unpaired) electrons. The first-order valence-corrected chi connectivity index (χ1v) is 9.54. The summed E-state index contributed by atoms with van der Waals surface area (Å²) in [5.41, 5.74) is 2.86. The van der Waals surface area contributed by atoms with Crippen molar-refractivity contribution in [1.29, 1.82) is 0 Å². The molecule has 0 unspecified atom stereocenters. The van der Waals surface area contributed by atoms with Gasteiger partial charge in [0.15, 0.2) is 11.6 Å². The third-order valence-corrected chi connectivity index (χ3v) is 4.97. The Morgan fingerprint density at radius 1 is 0.667 bits per heavy atom. The number of ether oxygens (including phenoxy) is 1. The van der Waals surface area contributed by atoms with Crippen molar-refractivity contribution in [3.8, 4) is 28.0 Å². The lowest BCUT2D eigenvalue weighted by atomic mass is 9.99. The molecule has 0 amide bonds. The van der Waals surface area contributed by atoms with Gasteiger partial charge in [-0.25, -0.2) is 13.2 Å². The van der Waals surface area contributed by atoms with E-state index in [0.717, 1.165) is 0 Å². The Hall–Kier alpha value is -3.53. The fourth-order valence-electron chi connectivity index (χ4n) is 3.24. The fourth-order valence-corrected chi connectivity index (χ4v) is 3.24. The van der Waals surface area contributed by atoms with Gasteiger partial charge in [-0.3, -0.25) is 0 Å². The third-order valence-electron chi connectivity index (χ3n) is 4.97. The van der Waals surface area contributed by atoms with Crippen LogP contribution in [0.25, 0.3) is 22.3 Å². The zero-order chi connectivity index (χ0) is 21.1. The molecule has 0 heterocycles. The first kappa shape index (κ1) is 19.8. The minimum atomic E-state index is -0.889. The van der Waals surface area contributed by atoms with Crippen LogP contribution in [0.3, 0.4) is 0 Å². The summed E-state index contributed by atoms with van der Waals surface area (Å²) in [5.74, 6) is -1.48. The van der Waals surface area contributed by atoms with Crippen LogP contribution in [0, 0.1) is 24.4 Å². The van der Waals surface area contributed by atoms with Gasteiger partial charge in [0.1, 0.15) is 18.2 Å². The maximum Gasteiger partial charge on any atom is 0.167 e. The second-order valence-corrected chi connectivity index (χ2v) is 7.05. The van der Waals surface area contributed by atoms with E-state index in [9.17, 15) is 13.2 Å². The van der Waals surface area contributed by atoms with Crippen LogP contribution in [-0.4, -0.2) is 0 Å². The molecule has 0 atom stereocenters. The van der Waals surface area contributed by atoms with Crippen molar-refractivity contribution < 1.29 is 17.9 Å². The molecular weight excluding hydrogens is 385 g/mol. The van der Waals surface area contributed by atoms with Gasteiger partial charge in [-0.15, -0.1) is 0 Å². The van der Waals surface area contributed by atoms with E-state index >= 15 is 0 Å². The normalized spacial score (nSPS) is 10.8. The summed E-state index contributed by atoms with van der Waals surface area (Å²) in [6.07, 6.45) is 0. The largest absolute Gasteiger partial charge is 0.489 e.